The third-order valence-corrected chi connectivity index (χ3v) is 5.71. The predicted octanol–water partition coefficient (Wildman–Crippen LogP) is 5.73. The number of esters is 1. The van der Waals surface area contributed by atoms with E-state index in [1.165, 1.54) is 11.3 Å². The largest absolute Gasteiger partial charge is 0.460 e. The first-order chi connectivity index (χ1) is 13.1. The van der Waals surface area contributed by atoms with Gasteiger partial charge in [-0.1, -0.05) is 41.9 Å². The third-order valence-electron chi connectivity index (χ3n) is 4.04. The molecule has 0 saturated carbocycles. The summed E-state index contributed by atoms with van der Waals surface area (Å²) in [5.74, 6) is -1.08. The fraction of sp³-hybridized carbons (Fsp3) is 0.100. The van der Waals surface area contributed by atoms with Crippen LogP contribution in [-0.2, 0) is 4.74 Å². The molecule has 2 aromatic heterocycles. The SMILES string of the molecule is CCOC(=O)c1oc2ccccc2c1NC(=O)c1sc2ccccc2c1Cl. The summed E-state index contributed by atoms with van der Waals surface area (Å²) >= 11 is 7.69. The predicted molar refractivity (Wildman–Crippen MR) is 107 cm³/mol. The first kappa shape index (κ1) is 17.6. The summed E-state index contributed by atoms with van der Waals surface area (Å²) in [6.45, 7) is 1.90. The highest BCUT2D eigenvalue weighted by atomic mass is 35.5. The molecule has 0 aliphatic heterocycles. The fourth-order valence-corrected chi connectivity index (χ4v) is 4.25. The lowest BCUT2D eigenvalue weighted by Gasteiger charge is -2.05. The maximum absolute atomic E-state index is 12.9. The highest BCUT2D eigenvalue weighted by molar-refractivity contribution is 7.21. The van der Waals surface area contributed by atoms with E-state index in [4.69, 9.17) is 20.8 Å². The molecule has 0 radical (unpaired) electrons. The zero-order valence-corrected chi connectivity index (χ0v) is 15.8. The van der Waals surface area contributed by atoms with Crippen molar-refractivity contribution in [1.29, 1.82) is 0 Å². The molecule has 2 aromatic carbocycles. The van der Waals surface area contributed by atoms with Crippen LogP contribution in [0.25, 0.3) is 21.1 Å². The van der Waals surface area contributed by atoms with E-state index in [1.54, 1.807) is 31.2 Å². The molecule has 0 fully saturated rings. The van der Waals surface area contributed by atoms with E-state index in [9.17, 15) is 9.59 Å². The van der Waals surface area contributed by atoms with Gasteiger partial charge in [-0.25, -0.2) is 4.79 Å². The smallest absolute Gasteiger partial charge is 0.376 e. The van der Waals surface area contributed by atoms with Crippen LogP contribution < -0.4 is 5.32 Å². The molecule has 27 heavy (non-hydrogen) atoms. The van der Waals surface area contributed by atoms with Gasteiger partial charge in [-0.05, 0) is 25.1 Å². The van der Waals surface area contributed by atoms with E-state index >= 15 is 0 Å². The van der Waals surface area contributed by atoms with Gasteiger partial charge in [0.15, 0.2) is 0 Å². The molecule has 2 heterocycles. The van der Waals surface area contributed by atoms with Crippen LogP contribution in [0.5, 0.6) is 0 Å². The number of anilines is 1. The Morgan fingerprint density at radius 1 is 1.11 bits per heavy atom. The second-order valence-corrected chi connectivity index (χ2v) is 7.15. The highest BCUT2D eigenvalue weighted by Crippen LogP contribution is 2.37. The molecule has 0 bridgehead atoms. The van der Waals surface area contributed by atoms with Gasteiger partial charge in [0.2, 0.25) is 5.76 Å². The minimum absolute atomic E-state index is 0.0383. The minimum atomic E-state index is -0.633. The number of hydrogen-bond acceptors (Lipinski definition) is 5. The lowest BCUT2D eigenvalue weighted by molar-refractivity contribution is 0.0494. The summed E-state index contributed by atoms with van der Waals surface area (Å²) in [6, 6.07) is 14.6. The van der Waals surface area contributed by atoms with E-state index in [2.05, 4.69) is 5.32 Å². The van der Waals surface area contributed by atoms with E-state index < -0.39 is 11.9 Å². The number of ether oxygens (including phenoxy) is 1. The maximum Gasteiger partial charge on any atom is 0.376 e. The molecule has 7 heteroatoms. The van der Waals surface area contributed by atoms with Crippen LogP contribution >= 0.6 is 22.9 Å². The average Bonchev–Trinajstić information content (AvgIpc) is 3.21. The van der Waals surface area contributed by atoms with Gasteiger partial charge in [0.1, 0.15) is 16.1 Å². The van der Waals surface area contributed by atoms with Crippen LogP contribution in [0, 0.1) is 0 Å². The number of carbonyl (C=O) groups is 2. The molecule has 0 saturated heterocycles. The van der Waals surface area contributed by atoms with Gasteiger partial charge in [-0.15, -0.1) is 11.3 Å². The first-order valence-electron chi connectivity index (χ1n) is 8.27. The van der Waals surface area contributed by atoms with Crippen molar-refractivity contribution in [3.05, 3.63) is 64.2 Å². The number of benzene rings is 2. The molecule has 0 atom stereocenters. The fourth-order valence-electron chi connectivity index (χ4n) is 2.84. The minimum Gasteiger partial charge on any atom is -0.460 e. The Bertz CT molecular complexity index is 1180. The Morgan fingerprint density at radius 2 is 1.81 bits per heavy atom. The number of rotatable bonds is 4. The van der Waals surface area contributed by atoms with Gasteiger partial charge in [-0.3, -0.25) is 4.79 Å². The van der Waals surface area contributed by atoms with Crippen LogP contribution in [0.2, 0.25) is 5.02 Å². The zero-order valence-electron chi connectivity index (χ0n) is 14.2. The van der Waals surface area contributed by atoms with Crippen LogP contribution in [0.3, 0.4) is 0 Å². The summed E-state index contributed by atoms with van der Waals surface area (Å²) < 4.78 is 11.6. The average molecular weight is 400 g/mol. The number of thiophene rings is 1. The van der Waals surface area contributed by atoms with Crippen molar-refractivity contribution in [3.8, 4) is 0 Å². The Balaban J connectivity index is 1.77. The molecule has 4 rings (SSSR count). The maximum atomic E-state index is 12.9. The lowest BCUT2D eigenvalue weighted by atomic mass is 10.2. The molecule has 5 nitrogen and oxygen atoms in total. The van der Waals surface area contributed by atoms with E-state index in [-0.39, 0.29) is 18.1 Å². The molecule has 0 aliphatic rings. The molecule has 0 aliphatic carbocycles. The zero-order chi connectivity index (χ0) is 19.0. The monoisotopic (exact) mass is 399 g/mol. The Labute approximate surface area is 163 Å². The summed E-state index contributed by atoms with van der Waals surface area (Å²) in [5.41, 5.74) is 0.765. The van der Waals surface area contributed by atoms with Crippen molar-refractivity contribution in [2.24, 2.45) is 0 Å². The second-order valence-electron chi connectivity index (χ2n) is 5.72. The number of halogens is 1. The van der Waals surface area contributed by atoms with Crippen LogP contribution in [-0.4, -0.2) is 18.5 Å². The Kier molecular flexibility index (Phi) is 4.59. The Hall–Kier alpha value is -2.83. The van der Waals surface area contributed by atoms with Gasteiger partial charge in [0.25, 0.3) is 5.91 Å². The molecule has 0 unspecified atom stereocenters. The first-order valence-corrected chi connectivity index (χ1v) is 9.46. The number of carbonyl (C=O) groups excluding carboxylic acids is 2. The van der Waals surface area contributed by atoms with E-state index in [0.717, 1.165) is 10.1 Å². The standard InChI is InChI=1S/C20H14ClNO4S/c1-2-25-20(24)17-16(11-7-3-5-9-13(11)26-17)22-19(23)18-15(21)12-8-4-6-10-14(12)27-18/h3-10H,2H2,1H3,(H,22,23). The van der Waals surface area contributed by atoms with Gasteiger partial charge in [0.05, 0.1) is 11.6 Å². The quantitative estimate of drug-likeness (QED) is 0.445. The number of nitrogens with one attached hydrogen (secondary N) is 1. The van der Waals surface area contributed by atoms with Crippen LogP contribution in [0.4, 0.5) is 5.69 Å². The van der Waals surface area contributed by atoms with Crippen molar-refractivity contribution in [2.75, 3.05) is 11.9 Å². The number of fused-ring (bicyclic) bond motifs is 2. The van der Waals surface area contributed by atoms with E-state index in [1.807, 2.05) is 24.3 Å². The van der Waals surface area contributed by atoms with Crippen molar-refractivity contribution >= 4 is 61.6 Å². The van der Waals surface area contributed by atoms with Crippen molar-refractivity contribution < 1.29 is 18.7 Å². The van der Waals surface area contributed by atoms with Gasteiger partial charge >= 0.3 is 5.97 Å². The van der Waals surface area contributed by atoms with Crippen LogP contribution in [0.1, 0.15) is 27.2 Å². The van der Waals surface area contributed by atoms with Crippen molar-refractivity contribution in [1.82, 2.24) is 0 Å². The number of hydrogen-bond donors (Lipinski definition) is 1. The summed E-state index contributed by atoms with van der Waals surface area (Å²) in [5, 5.41) is 4.60. The van der Waals surface area contributed by atoms with Crippen molar-refractivity contribution in [2.45, 2.75) is 6.92 Å². The molecule has 136 valence electrons. The molecule has 1 amide bonds. The highest BCUT2D eigenvalue weighted by Gasteiger charge is 2.25. The number of amides is 1. The Morgan fingerprint density at radius 3 is 2.56 bits per heavy atom. The summed E-state index contributed by atoms with van der Waals surface area (Å²) in [4.78, 5) is 25.5. The number of furan rings is 1. The molecule has 1 N–H and O–H groups in total. The molecule has 4 aromatic rings. The third kappa shape index (κ3) is 3.07. The van der Waals surface area contributed by atoms with Crippen molar-refractivity contribution in [3.63, 3.8) is 0 Å². The van der Waals surface area contributed by atoms with Crippen LogP contribution in [0.15, 0.2) is 52.9 Å². The lowest BCUT2D eigenvalue weighted by Crippen LogP contribution is -2.14. The topological polar surface area (TPSA) is 68.5 Å². The number of para-hydroxylation sites is 1. The van der Waals surface area contributed by atoms with Gasteiger partial charge in [0, 0.05) is 15.5 Å². The molecular weight excluding hydrogens is 386 g/mol. The normalized spacial score (nSPS) is 11.0. The van der Waals surface area contributed by atoms with Gasteiger partial charge < -0.3 is 14.5 Å². The summed E-state index contributed by atoms with van der Waals surface area (Å²) in [7, 11) is 0. The molecule has 0 spiro atoms. The second kappa shape index (κ2) is 7.06. The van der Waals surface area contributed by atoms with Gasteiger partial charge in [-0.2, -0.15) is 0 Å². The van der Waals surface area contributed by atoms with E-state index in [0.29, 0.717) is 20.9 Å². The molecular formula is C20H14ClNO4S. The summed E-state index contributed by atoms with van der Waals surface area (Å²) in [6.07, 6.45) is 0.